The maximum Gasteiger partial charge on any atom is 0.141 e. The van der Waals surface area contributed by atoms with E-state index < -0.39 is 0 Å². The Kier molecular flexibility index (Phi) is 3.71. The summed E-state index contributed by atoms with van der Waals surface area (Å²) in [6.45, 7) is 4.64. The second kappa shape index (κ2) is 4.82. The average molecular weight is 180 g/mol. The van der Waals surface area contributed by atoms with Crippen molar-refractivity contribution in [2.24, 2.45) is 5.73 Å². The Hall–Kier alpha value is -1.09. The summed E-state index contributed by atoms with van der Waals surface area (Å²) in [4.78, 5) is 4.01. The van der Waals surface area contributed by atoms with Crippen LogP contribution in [0.2, 0.25) is 0 Å². The summed E-state index contributed by atoms with van der Waals surface area (Å²) in [5.41, 5.74) is 6.62. The summed E-state index contributed by atoms with van der Waals surface area (Å²) >= 11 is 0. The minimum Gasteiger partial charge on any atom is -0.489 e. The zero-order valence-corrected chi connectivity index (χ0v) is 8.16. The first-order chi connectivity index (χ1) is 6.24. The average Bonchev–Trinajstić information content (AvgIpc) is 2.08. The molecule has 1 aromatic heterocycles. The van der Waals surface area contributed by atoms with Gasteiger partial charge in [-0.1, -0.05) is 0 Å². The lowest BCUT2D eigenvalue weighted by atomic mass is 10.2. The summed E-state index contributed by atoms with van der Waals surface area (Å²) in [6.07, 6.45) is 4.52. The van der Waals surface area contributed by atoms with E-state index in [-0.39, 0.29) is 6.10 Å². The Morgan fingerprint density at radius 3 is 2.92 bits per heavy atom. The van der Waals surface area contributed by atoms with Gasteiger partial charge in [0.05, 0.1) is 12.3 Å². The Morgan fingerprint density at radius 2 is 2.31 bits per heavy atom. The summed E-state index contributed by atoms with van der Waals surface area (Å²) in [5.74, 6) is 0.850. The summed E-state index contributed by atoms with van der Waals surface area (Å²) in [7, 11) is 0. The summed E-state index contributed by atoms with van der Waals surface area (Å²) in [6, 6.07) is 1.95. The van der Waals surface area contributed by atoms with Crippen molar-refractivity contribution in [2.45, 2.75) is 26.4 Å². The number of aromatic nitrogens is 1. The van der Waals surface area contributed by atoms with Crippen molar-refractivity contribution < 1.29 is 4.74 Å². The van der Waals surface area contributed by atoms with Crippen LogP contribution in [0.3, 0.4) is 0 Å². The smallest absolute Gasteiger partial charge is 0.141 e. The van der Waals surface area contributed by atoms with Crippen LogP contribution in [0.4, 0.5) is 0 Å². The molecule has 1 rings (SSSR count). The number of nitrogens with two attached hydrogens (primary N) is 1. The first-order valence-corrected chi connectivity index (χ1v) is 4.53. The summed E-state index contributed by atoms with van der Waals surface area (Å²) in [5, 5.41) is 0. The maximum atomic E-state index is 5.58. The minimum atomic E-state index is 0.181. The van der Waals surface area contributed by atoms with Gasteiger partial charge < -0.3 is 10.5 Å². The molecule has 1 heterocycles. The van der Waals surface area contributed by atoms with Crippen molar-refractivity contribution in [2.75, 3.05) is 6.54 Å². The number of hydrogen-bond donors (Lipinski definition) is 1. The lowest BCUT2D eigenvalue weighted by molar-refractivity contribution is 0.239. The van der Waals surface area contributed by atoms with Crippen molar-refractivity contribution in [1.29, 1.82) is 0 Å². The van der Waals surface area contributed by atoms with Gasteiger partial charge in [0.2, 0.25) is 0 Å². The van der Waals surface area contributed by atoms with Crippen LogP contribution in [0, 0.1) is 0 Å². The molecule has 3 heteroatoms. The fourth-order valence-corrected chi connectivity index (χ4v) is 1.13. The van der Waals surface area contributed by atoms with E-state index in [2.05, 4.69) is 4.98 Å². The van der Waals surface area contributed by atoms with Crippen molar-refractivity contribution >= 4 is 0 Å². The van der Waals surface area contributed by atoms with Gasteiger partial charge in [0.1, 0.15) is 5.75 Å². The molecule has 0 aromatic carbocycles. The zero-order chi connectivity index (χ0) is 9.68. The lowest BCUT2D eigenvalue weighted by Gasteiger charge is -2.12. The van der Waals surface area contributed by atoms with E-state index in [0.717, 1.165) is 17.7 Å². The Labute approximate surface area is 78.9 Å². The van der Waals surface area contributed by atoms with E-state index >= 15 is 0 Å². The molecule has 0 fully saturated rings. The number of ether oxygens (including phenoxy) is 1. The van der Waals surface area contributed by atoms with Gasteiger partial charge >= 0.3 is 0 Å². The highest BCUT2D eigenvalue weighted by atomic mass is 16.5. The molecule has 0 aliphatic rings. The van der Waals surface area contributed by atoms with Gasteiger partial charge in [0, 0.05) is 6.20 Å². The molecular weight excluding hydrogens is 164 g/mol. The molecule has 72 valence electrons. The topological polar surface area (TPSA) is 48.1 Å². The molecule has 0 spiro atoms. The van der Waals surface area contributed by atoms with Gasteiger partial charge in [-0.2, -0.15) is 0 Å². The van der Waals surface area contributed by atoms with Gasteiger partial charge in [-0.15, -0.1) is 0 Å². The molecule has 3 nitrogen and oxygen atoms in total. The number of hydrogen-bond acceptors (Lipinski definition) is 3. The van der Waals surface area contributed by atoms with Crippen LogP contribution in [0.15, 0.2) is 18.5 Å². The largest absolute Gasteiger partial charge is 0.489 e. The quantitative estimate of drug-likeness (QED) is 0.761. The maximum absolute atomic E-state index is 5.58. The fourth-order valence-electron chi connectivity index (χ4n) is 1.13. The molecule has 0 amide bonds. The second-order valence-electron chi connectivity index (χ2n) is 3.19. The number of pyridine rings is 1. The molecule has 0 aliphatic carbocycles. The first kappa shape index (κ1) is 9.99. The fraction of sp³-hybridized carbons (Fsp3) is 0.500. The van der Waals surface area contributed by atoms with Crippen molar-refractivity contribution in [3.05, 3.63) is 24.0 Å². The van der Waals surface area contributed by atoms with Crippen LogP contribution in [-0.2, 0) is 6.42 Å². The van der Waals surface area contributed by atoms with E-state index in [0.29, 0.717) is 6.54 Å². The second-order valence-corrected chi connectivity index (χ2v) is 3.19. The van der Waals surface area contributed by atoms with Crippen LogP contribution in [-0.4, -0.2) is 17.6 Å². The Balaban J connectivity index is 2.78. The van der Waals surface area contributed by atoms with Gasteiger partial charge in [-0.05, 0) is 38.4 Å². The first-order valence-electron chi connectivity index (χ1n) is 4.53. The highest BCUT2D eigenvalue weighted by Gasteiger charge is 2.03. The lowest BCUT2D eigenvalue weighted by Crippen LogP contribution is -2.10. The van der Waals surface area contributed by atoms with Gasteiger partial charge in [0.15, 0.2) is 0 Å². The number of rotatable bonds is 4. The molecule has 2 N–H and O–H groups in total. The Morgan fingerprint density at radius 1 is 1.54 bits per heavy atom. The van der Waals surface area contributed by atoms with E-state index in [1.165, 1.54) is 0 Å². The Bertz CT molecular complexity index is 261. The predicted octanol–water partition coefficient (Wildman–Crippen LogP) is 1.37. The van der Waals surface area contributed by atoms with Crippen LogP contribution >= 0.6 is 0 Å². The third kappa shape index (κ3) is 3.03. The molecule has 0 unspecified atom stereocenters. The van der Waals surface area contributed by atoms with Crippen molar-refractivity contribution in [3.8, 4) is 5.75 Å². The molecular formula is C10H16N2O. The zero-order valence-electron chi connectivity index (χ0n) is 8.16. The third-order valence-corrected chi connectivity index (χ3v) is 1.65. The normalized spacial score (nSPS) is 10.5. The van der Waals surface area contributed by atoms with E-state index in [1.54, 1.807) is 12.4 Å². The molecule has 0 radical (unpaired) electrons. The molecule has 0 saturated heterocycles. The highest BCUT2D eigenvalue weighted by molar-refractivity contribution is 5.30. The predicted molar refractivity (Wildman–Crippen MR) is 52.8 cm³/mol. The van der Waals surface area contributed by atoms with Gasteiger partial charge in [-0.3, -0.25) is 4.98 Å². The van der Waals surface area contributed by atoms with Crippen LogP contribution in [0.1, 0.15) is 19.4 Å². The van der Waals surface area contributed by atoms with Gasteiger partial charge in [0.25, 0.3) is 0 Å². The van der Waals surface area contributed by atoms with E-state index in [1.807, 2.05) is 19.9 Å². The third-order valence-electron chi connectivity index (χ3n) is 1.65. The monoisotopic (exact) mass is 180 g/mol. The summed E-state index contributed by atoms with van der Waals surface area (Å²) < 4.78 is 5.58. The van der Waals surface area contributed by atoms with E-state index in [4.69, 9.17) is 10.5 Å². The van der Waals surface area contributed by atoms with Crippen molar-refractivity contribution in [3.63, 3.8) is 0 Å². The van der Waals surface area contributed by atoms with Crippen molar-refractivity contribution in [1.82, 2.24) is 4.98 Å². The highest BCUT2D eigenvalue weighted by Crippen LogP contribution is 2.17. The van der Waals surface area contributed by atoms with Crippen LogP contribution in [0.25, 0.3) is 0 Å². The number of nitrogens with zero attached hydrogens (tertiary/aromatic N) is 1. The molecule has 0 saturated carbocycles. The SMILES string of the molecule is CC(C)Oc1cnccc1CCN. The van der Waals surface area contributed by atoms with Crippen LogP contribution < -0.4 is 10.5 Å². The minimum absolute atomic E-state index is 0.181. The molecule has 13 heavy (non-hydrogen) atoms. The molecule has 0 bridgehead atoms. The molecule has 0 atom stereocenters. The molecule has 0 aliphatic heterocycles. The van der Waals surface area contributed by atoms with E-state index in [9.17, 15) is 0 Å². The van der Waals surface area contributed by atoms with Gasteiger partial charge in [-0.25, -0.2) is 0 Å². The standard InChI is InChI=1S/C10H16N2O/c1-8(2)13-10-7-12-6-4-9(10)3-5-11/h4,6-8H,3,5,11H2,1-2H3. The molecule has 1 aromatic rings. The van der Waals surface area contributed by atoms with Crippen LogP contribution in [0.5, 0.6) is 5.75 Å².